The van der Waals surface area contributed by atoms with Crippen LogP contribution in [0.4, 0.5) is 24.8 Å². The van der Waals surface area contributed by atoms with Gasteiger partial charge in [-0.1, -0.05) is 0 Å². The Balaban J connectivity index is 2.78. The summed E-state index contributed by atoms with van der Waals surface area (Å²) >= 11 is 0. The first kappa shape index (κ1) is 14.5. The Labute approximate surface area is 102 Å². The van der Waals surface area contributed by atoms with Crippen molar-refractivity contribution >= 4 is 11.6 Å². The molecule has 102 valence electrons. The van der Waals surface area contributed by atoms with Crippen molar-refractivity contribution in [1.29, 1.82) is 0 Å². The molecule has 1 aromatic rings. The minimum atomic E-state index is -4.58. The van der Waals surface area contributed by atoms with E-state index < -0.39 is 12.0 Å². The Morgan fingerprint density at radius 1 is 1.22 bits per heavy atom. The predicted octanol–water partition coefficient (Wildman–Crippen LogP) is 1.72. The average Bonchev–Trinajstić information content (AvgIpc) is 2.33. The molecule has 0 saturated heterocycles. The smallest absolute Gasteiger partial charge is 0.396 e. The van der Waals surface area contributed by atoms with Crippen LogP contribution < -0.4 is 10.6 Å². The van der Waals surface area contributed by atoms with Gasteiger partial charge in [-0.05, 0) is 12.8 Å². The van der Waals surface area contributed by atoms with Crippen molar-refractivity contribution in [3.63, 3.8) is 0 Å². The number of halogens is 3. The highest BCUT2D eigenvalue weighted by atomic mass is 19.4. The Hall–Kier alpha value is -1.57. The maximum Gasteiger partial charge on any atom is 0.451 e. The molecule has 0 unspecified atom stereocenters. The van der Waals surface area contributed by atoms with Crippen molar-refractivity contribution in [2.75, 3.05) is 30.8 Å². The van der Waals surface area contributed by atoms with E-state index in [9.17, 15) is 13.2 Å². The minimum Gasteiger partial charge on any atom is -0.396 e. The first-order chi connectivity index (χ1) is 8.47. The normalized spacial score (nSPS) is 11.4. The number of nitrogens with one attached hydrogen (secondary N) is 2. The van der Waals surface area contributed by atoms with E-state index in [1.54, 1.807) is 0 Å². The van der Waals surface area contributed by atoms with Gasteiger partial charge in [0.2, 0.25) is 5.82 Å². The van der Waals surface area contributed by atoms with Gasteiger partial charge in [0, 0.05) is 26.3 Å². The SMILES string of the molecule is CNc1cc(NCCCCO)nc(C(F)(F)F)n1. The molecule has 0 atom stereocenters. The van der Waals surface area contributed by atoms with Crippen molar-refractivity contribution < 1.29 is 18.3 Å². The van der Waals surface area contributed by atoms with Gasteiger partial charge >= 0.3 is 6.18 Å². The van der Waals surface area contributed by atoms with Gasteiger partial charge in [0.05, 0.1) is 0 Å². The third-order valence-corrected chi connectivity index (χ3v) is 2.13. The fourth-order valence-corrected chi connectivity index (χ4v) is 1.25. The number of hydrogen-bond acceptors (Lipinski definition) is 5. The van der Waals surface area contributed by atoms with Gasteiger partial charge in [0.15, 0.2) is 0 Å². The lowest BCUT2D eigenvalue weighted by molar-refractivity contribution is -0.144. The molecular weight excluding hydrogens is 249 g/mol. The van der Waals surface area contributed by atoms with Gasteiger partial charge in [-0.2, -0.15) is 13.2 Å². The lowest BCUT2D eigenvalue weighted by Crippen LogP contribution is -2.15. The van der Waals surface area contributed by atoms with Crippen molar-refractivity contribution in [2.24, 2.45) is 0 Å². The summed E-state index contributed by atoms with van der Waals surface area (Å²) in [6, 6.07) is 1.40. The molecule has 0 aliphatic rings. The van der Waals surface area contributed by atoms with E-state index >= 15 is 0 Å². The van der Waals surface area contributed by atoms with Crippen LogP contribution >= 0.6 is 0 Å². The topological polar surface area (TPSA) is 70.1 Å². The maximum absolute atomic E-state index is 12.5. The molecule has 0 saturated carbocycles. The minimum absolute atomic E-state index is 0.0566. The summed E-state index contributed by atoms with van der Waals surface area (Å²) in [6.45, 7) is 0.499. The number of anilines is 2. The van der Waals surface area contributed by atoms with Gasteiger partial charge in [-0.25, -0.2) is 9.97 Å². The quantitative estimate of drug-likeness (QED) is 0.682. The van der Waals surface area contributed by atoms with Crippen LogP contribution in [0.25, 0.3) is 0 Å². The van der Waals surface area contributed by atoms with Gasteiger partial charge in [0.1, 0.15) is 11.6 Å². The summed E-state index contributed by atoms with van der Waals surface area (Å²) in [4.78, 5) is 6.74. The van der Waals surface area contributed by atoms with Gasteiger partial charge in [0.25, 0.3) is 0 Å². The average molecular weight is 264 g/mol. The maximum atomic E-state index is 12.5. The molecule has 1 rings (SSSR count). The molecule has 0 bridgehead atoms. The van der Waals surface area contributed by atoms with E-state index in [0.29, 0.717) is 19.4 Å². The fraction of sp³-hybridized carbons (Fsp3) is 0.600. The summed E-state index contributed by atoms with van der Waals surface area (Å²) in [7, 11) is 1.48. The molecule has 8 heteroatoms. The molecule has 1 heterocycles. The van der Waals surface area contributed by atoms with E-state index in [2.05, 4.69) is 20.6 Å². The summed E-state index contributed by atoms with van der Waals surface area (Å²) in [5.74, 6) is -0.972. The zero-order chi connectivity index (χ0) is 13.6. The monoisotopic (exact) mass is 264 g/mol. The lowest BCUT2D eigenvalue weighted by atomic mass is 10.3. The molecule has 18 heavy (non-hydrogen) atoms. The summed E-state index contributed by atoms with van der Waals surface area (Å²) in [6.07, 6.45) is -3.34. The number of hydrogen-bond donors (Lipinski definition) is 3. The zero-order valence-electron chi connectivity index (χ0n) is 9.88. The van der Waals surface area contributed by atoms with Crippen molar-refractivity contribution in [1.82, 2.24) is 9.97 Å². The third kappa shape index (κ3) is 4.36. The molecule has 5 nitrogen and oxygen atoms in total. The first-order valence-electron chi connectivity index (χ1n) is 5.46. The van der Waals surface area contributed by atoms with E-state index in [1.165, 1.54) is 13.1 Å². The second kappa shape index (κ2) is 6.39. The number of aliphatic hydroxyl groups excluding tert-OH is 1. The molecule has 1 aromatic heterocycles. The zero-order valence-corrected chi connectivity index (χ0v) is 9.88. The predicted molar refractivity (Wildman–Crippen MR) is 61.4 cm³/mol. The highest BCUT2D eigenvalue weighted by Crippen LogP contribution is 2.28. The number of aromatic nitrogens is 2. The van der Waals surface area contributed by atoms with E-state index in [1.807, 2.05) is 0 Å². The second-order valence-corrected chi connectivity index (χ2v) is 3.57. The molecule has 0 amide bonds. The summed E-state index contributed by atoms with van der Waals surface area (Å²) in [5.41, 5.74) is 0. The Kier molecular flexibility index (Phi) is 5.14. The second-order valence-electron chi connectivity index (χ2n) is 3.57. The largest absolute Gasteiger partial charge is 0.451 e. The van der Waals surface area contributed by atoms with E-state index in [4.69, 9.17) is 5.11 Å². The molecule has 0 aliphatic carbocycles. The van der Waals surface area contributed by atoms with E-state index in [-0.39, 0.29) is 18.2 Å². The van der Waals surface area contributed by atoms with Crippen molar-refractivity contribution in [2.45, 2.75) is 19.0 Å². The third-order valence-electron chi connectivity index (χ3n) is 2.13. The molecule has 3 N–H and O–H groups in total. The van der Waals surface area contributed by atoms with Gasteiger partial charge < -0.3 is 15.7 Å². The Bertz CT molecular complexity index is 384. The van der Waals surface area contributed by atoms with E-state index in [0.717, 1.165) is 0 Å². The van der Waals surface area contributed by atoms with Crippen molar-refractivity contribution in [3.8, 4) is 0 Å². The molecule has 0 aliphatic heterocycles. The standard InChI is InChI=1S/C10H15F3N4O/c1-14-7-6-8(15-4-2-3-5-18)17-9(16-7)10(11,12)13/h6,18H,2-5H2,1H3,(H2,14,15,16,17). The van der Waals surface area contributed by atoms with Crippen LogP contribution in [0.1, 0.15) is 18.7 Å². The van der Waals surface area contributed by atoms with Crippen LogP contribution in [0.15, 0.2) is 6.07 Å². The summed E-state index contributed by atoms with van der Waals surface area (Å²) in [5, 5.41) is 13.9. The van der Waals surface area contributed by atoms with Crippen molar-refractivity contribution in [3.05, 3.63) is 11.9 Å². The van der Waals surface area contributed by atoms with Crippen LogP contribution in [0.2, 0.25) is 0 Å². The van der Waals surface area contributed by atoms with Gasteiger partial charge in [-0.3, -0.25) is 0 Å². The van der Waals surface area contributed by atoms with Crippen LogP contribution in [-0.2, 0) is 6.18 Å². The molecule has 0 fully saturated rings. The number of alkyl halides is 3. The van der Waals surface area contributed by atoms with Crippen LogP contribution in [-0.4, -0.2) is 35.3 Å². The van der Waals surface area contributed by atoms with Crippen LogP contribution in [0.5, 0.6) is 0 Å². The van der Waals surface area contributed by atoms with Crippen LogP contribution in [0, 0.1) is 0 Å². The number of aliphatic hydroxyl groups is 1. The Morgan fingerprint density at radius 3 is 2.44 bits per heavy atom. The fourth-order valence-electron chi connectivity index (χ4n) is 1.25. The number of rotatable bonds is 6. The molecule has 0 spiro atoms. The van der Waals surface area contributed by atoms with Gasteiger partial charge in [-0.15, -0.1) is 0 Å². The van der Waals surface area contributed by atoms with Crippen LogP contribution in [0.3, 0.4) is 0 Å². The molecule has 0 radical (unpaired) electrons. The first-order valence-corrected chi connectivity index (χ1v) is 5.46. The highest BCUT2D eigenvalue weighted by molar-refractivity contribution is 5.47. The number of nitrogens with zero attached hydrogens (tertiary/aromatic N) is 2. The summed E-state index contributed by atoms with van der Waals surface area (Å²) < 4.78 is 37.5. The number of unbranched alkanes of at least 4 members (excludes halogenated alkanes) is 1. The lowest BCUT2D eigenvalue weighted by Gasteiger charge is -2.11. The highest BCUT2D eigenvalue weighted by Gasteiger charge is 2.35. The molecular formula is C10H15F3N4O. The molecule has 0 aromatic carbocycles. The Morgan fingerprint density at radius 2 is 1.89 bits per heavy atom.